The van der Waals surface area contributed by atoms with Gasteiger partial charge >= 0.3 is 0 Å². The molecule has 18 nitrogen and oxygen atoms in total. The number of nitrogens with one attached hydrogen (secondary N) is 6. The Bertz CT molecular complexity index is 1650. The summed E-state index contributed by atoms with van der Waals surface area (Å²) in [6, 6.07) is 1.63. The first-order chi connectivity index (χ1) is 25.3. The van der Waals surface area contributed by atoms with Gasteiger partial charge in [-0.1, -0.05) is 51.9 Å². The van der Waals surface area contributed by atoms with E-state index in [1.54, 1.807) is 30.3 Å². The average molecular weight is 773 g/mol. The first-order valence-electron chi connectivity index (χ1n) is 16.9. The van der Waals surface area contributed by atoms with E-state index >= 15 is 0 Å². The second-order valence-corrected chi connectivity index (χ2v) is 15.2. The van der Waals surface area contributed by atoms with Crippen molar-refractivity contribution in [2.24, 2.45) is 11.5 Å². The minimum Gasteiger partial charge on any atom is -0.370 e. The van der Waals surface area contributed by atoms with Gasteiger partial charge in [0.2, 0.25) is 47.3 Å². The van der Waals surface area contributed by atoms with Gasteiger partial charge in [0.1, 0.15) is 36.3 Å². The van der Waals surface area contributed by atoms with Crippen LogP contribution in [0.4, 0.5) is 0 Å². The lowest BCUT2D eigenvalue weighted by atomic mass is 10.0. The number of aromatic nitrogens is 2. The minimum absolute atomic E-state index is 0.00158. The maximum absolute atomic E-state index is 14.1. The molecule has 3 heterocycles. The Morgan fingerprint density at radius 3 is 2.21 bits per heavy atom. The Morgan fingerprint density at radius 1 is 0.868 bits per heavy atom. The van der Waals surface area contributed by atoms with Crippen LogP contribution in [-0.2, 0) is 51.2 Å². The average Bonchev–Trinajstić information content (AvgIpc) is 3.82. The van der Waals surface area contributed by atoms with Gasteiger partial charge in [0.15, 0.2) is 0 Å². The van der Waals surface area contributed by atoms with Crippen molar-refractivity contribution < 1.29 is 38.4 Å². The van der Waals surface area contributed by atoms with E-state index in [4.69, 9.17) is 11.5 Å². The number of fused-ring (bicyclic) bond motifs is 1. The molecule has 6 atom stereocenters. The Labute approximate surface area is 313 Å². The van der Waals surface area contributed by atoms with E-state index < -0.39 is 83.5 Å². The van der Waals surface area contributed by atoms with Crippen LogP contribution in [0.25, 0.3) is 0 Å². The molecule has 53 heavy (non-hydrogen) atoms. The second-order valence-electron chi connectivity index (χ2n) is 12.6. The molecule has 8 amide bonds. The highest BCUT2D eigenvalue weighted by Crippen LogP contribution is 2.24. The molecule has 2 aliphatic rings. The fourth-order valence-corrected chi connectivity index (χ4v) is 8.22. The summed E-state index contributed by atoms with van der Waals surface area (Å²) in [7, 11) is 2.23. The number of carbonyl (C=O) groups is 8. The van der Waals surface area contributed by atoms with Gasteiger partial charge in [-0.3, -0.25) is 38.4 Å². The fourth-order valence-electron chi connectivity index (χ4n) is 5.87. The van der Waals surface area contributed by atoms with E-state index in [0.717, 1.165) is 21.6 Å². The number of hydrogen-bond acceptors (Lipinski definition) is 11. The zero-order valence-electron chi connectivity index (χ0n) is 29.0. The number of nitrogens with zero attached hydrogens (tertiary/aromatic N) is 2. The van der Waals surface area contributed by atoms with Crippen LogP contribution in [0.3, 0.4) is 0 Å². The highest BCUT2D eigenvalue weighted by atomic mass is 33.1. The molecule has 0 aliphatic carbocycles. The molecule has 1 aromatic carbocycles. The maximum atomic E-state index is 14.1. The van der Waals surface area contributed by atoms with Crippen molar-refractivity contribution in [2.45, 2.75) is 81.7 Å². The van der Waals surface area contributed by atoms with Crippen LogP contribution in [0.15, 0.2) is 42.9 Å². The van der Waals surface area contributed by atoms with Crippen LogP contribution >= 0.6 is 21.6 Å². The number of nitrogens with two attached hydrogens (primary N) is 2. The molecule has 20 heteroatoms. The van der Waals surface area contributed by atoms with E-state index in [1.807, 2.05) is 0 Å². The number of hydrogen-bond donors (Lipinski definition) is 8. The Hall–Kier alpha value is -5.11. The largest absolute Gasteiger partial charge is 0.370 e. The van der Waals surface area contributed by atoms with Gasteiger partial charge in [-0.05, 0) is 24.8 Å². The molecule has 2 aliphatic heterocycles. The quantitative estimate of drug-likeness (QED) is 0.126. The van der Waals surface area contributed by atoms with E-state index in [9.17, 15) is 38.4 Å². The van der Waals surface area contributed by atoms with Crippen LogP contribution in [0.2, 0.25) is 0 Å². The highest BCUT2D eigenvalue weighted by Gasteiger charge is 2.40. The number of imidazole rings is 1. The van der Waals surface area contributed by atoms with Crippen molar-refractivity contribution in [1.82, 2.24) is 41.5 Å². The molecule has 0 bridgehead atoms. The number of carbonyl (C=O) groups excluding carboxylic acids is 8. The number of H-pyrrole nitrogens is 1. The van der Waals surface area contributed by atoms with E-state index in [1.165, 1.54) is 24.3 Å². The Morgan fingerprint density at radius 2 is 1.55 bits per heavy atom. The van der Waals surface area contributed by atoms with Crippen molar-refractivity contribution in [3.8, 4) is 0 Å². The molecule has 1 aromatic heterocycles. The van der Waals surface area contributed by atoms with Crippen molar-refractivity contribution in [1.29, 1.82) is 0 Å². The molecular formula is C33H44N10O8S2. The van der Waals surface area contributed by atoms with Crippen LogP contribution < -0.4 is 38.1 Å². The molecule has 0 radical (unpaired) electrons. The third kappa shape index (κ3) is 12.2. The van der Waals surface area contributed by atoms with Gasteiger partial charge in [-0.2, -0.15) is 0 Å². The molecule has 0 spiro atoms. The van der Waals surface area contributed by atoms with Crippen LogP contribution in [0.5, 0.6) is 0 Å². The van der Waals surface area contributed by atoms with Gasteiger partial charge in [-0.25, -0.2) is 4.98 Å². The second kappa shape index (κ2) is 19.6. The summed E-state index contributed by atoms with van der Waals surface area (Å²) < 4.78 is 0. The zero-order chi connectivity index (χ0) is 38.5. The summed E-state index contributed by atoms with van der Waals surface area (Å²) in [4.78, 5) is 114. The van der Waals surface area contributed by atoms with Gasteiger partial charge in [0, 0.05) is 56.1 Å². The minimum atomic E-state index is -1.35. The van der Waals surface area contributed by atoms with E-state index in [0.29, 0.717) is 17.7 Å². The summed E-state index contributed by atoms with van der Waals surface area (Å²) in [5, 5.41) is 13.2. The topological polar surface area (TPSA) is 281 Å². The van der Waals surface area contributed by atoms with Crippen LogP contribution in [-0.4, -0.2) is 116 Å². The van der Waals surface area contributed by atoms with Gasteiger partial charge in [-0.15, -0.1) is 0 Å². The standard InChI is InChI=1S/C33H44N10O8S2/c1-18(44)38-25-16-53-52-15-24(28(35)46)42-30(48)22(12-19-6-3-2-4-7-19)40-29(47)21(9-10-27(34)45)39-32(50)26-8-5-11-43(26)33(51)23(41-31(25)49)13-20-14-36-17-37-20/h2-4,6-7,14,17,21-26H,5,8-13,15-16H2,1H3,(H2,34,45)(H2,35,46)(H,36,37)(H,38,44)(H,39,50)(H,40,47)(H,41,49)(H,42,48)/t21-,22-,23-,24-,25-,26-/m0/s1. The van der Waals surface area contributed by atoms with E-state index in [-0.39, 0.29) is 50.2 Å². The molecule has 286 valence electrons. The maximum Gasteiger partial charge on any atom is 0.246 e. The number of amides is 8. The van der Waals surface area contributed by atoms with Crippen molar-refractivity contribution in [2.75, 3.05) is 18.1 Å². The highest BCUT2D eigenvalue weighted by molar-refractivity contribution is 8.76. The predicted molar refractivity (Wildman–Crippen MR) is 195 cm³/mol. The smallest absolute Gasteiger partial charge is 0.246 e. The number of aromatic amines is 1. The van der Waals surface area contributed by atoms with Crippen LogP contribution in [0.1, 0.15) is 43.9 Å². The van der Waals surface area contributed by atoms with Crippen molar-refractivity contribution in [3.05, 3.63) is 54.1 Å². The van der Waals surface area contributed by atoms with Crippen LogP contribution in [0, 0.1) is 0 Å². The summed E-state index contributed by atoms with van der Waals surface area (Å²) >= 11 is 0. The van der Waals surface area contributed by atoms with Crippen molar-refractivity contribution >= 4 is 68.8 Å². The molecule has 0 unspecified atom stereocenters. The third-order valence-electron chi connectivity index (χ3n) is 8.57. The Kier molecular flexibility index (Phi) is 15.1. The molecule has 2 fully saturated rings. The van der Waals surface area contributed by atoms with E-state index in [2.05, 4.69) is 36.6 Å². The summed E-state index contributed by atoms with van der Waals surface area (Å²) in [6.45, 7) is 1.41. The zero-order valence-corrected chi connectivity index (χ0v) is 30.6. The number of rotatable bonds is 9. The first-order valence-corrected chi connectivity index (χ1v) is 19.4. The van der Waals surface area contributed by atoms with Crippen molar-refractivity contribution in [3.63, 3.8) is 0 Å². The summed E-state index contributed by atoms with van der Waals surface area (Å²) in [5.41, 5.74) is 12.2. The Balaban J connectivity index is 1.70. The molecule has 10 N–H and O–H groups in total. The molecule has 4 rings (SSSR count). The lowest BCUT2D eigenvalue weighted by molar-refractivity contribution is -0.142. The van der Waals surface area contributed by atoms with Gasteiger partial charge < -0.3 is 47.9 Å². The predicted octanol–water partition coefficient (Wildman–Crippen LogP) is -2.22. The van der Waals surface area contributed by atoms with Gasteiger partial charge in [0.05, 0.1) is 6.33 Å². The number of primary amides is 2. The fraction of sp³-hybridized carbons (Fsp3) is 0.485. The molecule has 2 aromatic rings. The third-order valence-corrected chi connectivity index (χ3v) is 11.0. The SMILES string of the molecule is CC(=O)N[C@H]1CSSC[C@@H](C(N)=O)NC(=O)[C@H](Cc2ccccc2)NC(=O)[C@H](CCC(N)=O)NC(=O)[C@@H]2CCCN2C(=O)[C@H](Cc2cnc[nH]2)NC1=O. The first kappa shape index (κ1) is 40.7. The summed E-state index contributed by atoms with van der Waals surface area (Å²) in [5.74, 6) is -5.60. The molecule has 2 saturated heterocycles. The molecular weight excluding hydrogens is 729 g/mol. The lowest BCUT2D eigenvalue weighted by Gasteiger charge is -2.31. The summed E-state index contributed by atoms with van der Waals surface area (Å²) in [6.07, 6.45) is 3.06. The van der Waals surface area contributed by atoms with Gasteiger partial charge in [0.25, 0.3) is 0 Å². The normalized spacial score (nSPS) is 25.2. The number of benzene rings is 1. The lowest BCUT2D eigenvalue weighted by Crippen LogP contribution is -2.60. The monoisotopic (exact) mass is 772 g/mol. The molecule has 0 saturated carbocycles.